The van der Waals surface area contributed by atoms with E-state index in [1.807, 2.05) is 0 Å². The summed E-state index contributed by atoms with van der Waals surface area (Å²) in [6, 6.07) is 0. The molecule has 0 unspecified atom stereocenters. The topological polar surface area (TPSA) is 80.3 Å². The van der Waals surface area contributed by atoms with Crippen molar-refractivity contribution in [3.63, 3.8) is 0 Å². The minimum Gasteiger partial charge on any atom is -0.550 e. The first-order valence-electron chi connectivity index (χ1n) is 5.02. The van der Waals surface area contributed by atoms with Crippen LogP contribution in [-0.2, 0) is 54.3 Å². The van der Waals surface area contributed by atoms with E-state index >= 15 is 0 Å². The van der Waals surface area contributed by atoms with Crippen molar-refractivity contribution in [2.24, 2.45) is 0 Å². The quantitative estimate of drug-likeness (QED) is 0.379. The van der Waals surface area contributed by atoms with Crippen molar-refractivity contribution in [1.82, 2.24) is 0 Å². The molecule has 0 heterocycles. The molecule has 0 aromatic rings. The van der Waals surface area contributed by atoms with Crippen molar-refractivity contribution in [2.75, 3.05) is 0 Å². The van der Waals surface area contributed by atoms with Gasteiger partial charge in [-0.15, -0.1) is 0 Å². The number of carbonyl (C=O) groups excluding carboxylic acids is 2. The monoisotopic (exact) mass is 414 g/mol. The molecule has 0 saturated heterocycles. The SMILES string of the molecule is O=C([O-])CCCCCCCCC(=O)[O-].[Ag+].[Ag+]. The van der Waals surface area contributed by atoms with Gasteiger partial charge in [-0.05, 0) is 25.7 Å². The number of unbranched alkanes of at least 4 members (excludes halogenated alkanes) is 5. The van der Waals surface area contributed by atoms with Gasteiger partial charge >= 0.3 is 44.8 Å². The summed E-state index contributed by atoms with van der Waals surface area (Å²) in [5, 5.41) is 20.1. The molecule has 0 amide bonds. The van der Waals surface area contributed by atoms with Crippen molar-refractivity contribution in [3.8, 4) is 0 Å². The van der Waals surface area contributed by atoms with Crippen LogP contribution in [0.15, 0.2) is 0 Å². The van der Waals surface area contributed by atoms with E-state index in [4.69, 9.17) is 0 Å². The maximum Gasteiger partial charge on any atom is 1.00 e. The van der Waals surface area contributed by atoms with Crippen LogP contribution in [0.1, 0.15) is 51.4 Å². The number of carboxylic acid groups (broad SMARTS) is 2. The van der Waals surface area contributed by atoms with Gasteiger partial charge in [-0.3, -0.25) is 0 Å². The third-order valence-electron chi connectivity index (χ3n) is 2.01. The van der Waals surface area contributed by atoms with Crippen molar-refractivity contribution < 1.29 is 64.6 Å². The summed E-state index contributed by atoms with van der Waals surface area (Å²) in [6.45, 7) is 0. The predicted octanol–water partition coefficient (Wildman–Crippen LogP) is -0.398. The fourth-order valence-corrected chi connectivity index (χ4v) is 1.25. The molecule has 0 aromatic heterocycles. The predicted molar refractivity (Wildman–Crippen MR) is 47.0 cm³/mol. The maximum absolute atomic E-state index is 10.0. The molecule has 0 aliphatic carbocycles. The first-order valence-corrected chi connectivity index (χ1v) is 5.02. The van der Waals surface area contributed by atoms with Gasteiger partial charge in [0.25, 0.3) is 0 Å². The van der Waals surface area contributed by atoms with Crippen LogP contribution in [0.25, 0.3) is 0 Å². The van der Waals surface area contributed by atoms with E-state index in [0.29, 0.717) is 12.8 Å². The number of aliphatic carboxylic acids is 2. The molecule has 0 saturated carbocycles. The molecule has 0 aliphatic rings. The van der Waals surface area contributed by atoms with Crippen LogP contribution in [0.4, 0.5) is 0 Å². The third-order valence-corrected chi connectivity index (χ3v) is 2.01. The minimum absolute atomic E-state index is 0. The van der Waals surface area contributed by atoms with E-state index in [2.05, 4.69) is 0 Å². The molecule has 0 N–H and O–H groups in total. The number of hydrogen-bond acceptors (Lipinski definition) is 4. The van der Waals surface area contributed by atoms with Crippen molar-refractivity contribution in [2.45, 2.75) is 51.4 Å². The number of carbonyl (C=O) groups is 2. The molecule has 16 heavy (non-hydrogen) atoms. The Morgan fingerprint density at radius 2 is 0.875 bits per heavy atom. The average Bonchev–Trinajstić information content (AvgIpc) is 2.08. The second kappa shape index (κ2) is 15.4. The molecule has 0 bridgehead atoms. The molecule has 0 radical (unpaired) electrons. The van der Waals surface area contributed by atoms with Crippen LogP contribution in [0.5, 0.6) is 0 Å². The summed E-state index contributed by atoms with van der Waals surface area (Å²) in [7, 11) is 0. The van der Waals surface area contributed by atoms with Gasteiger partial charge < -0.3 is 19.8 Å². The standard InChI is InChI=1S/C10H18O4.2Ag/c11-9(12)7-5-3-1-2-4-6-8-10(13)14;;/h1-8H2,(H,11,12)(H,13,14);;/q;2*+1/p-2. The second-order valence-corrected chi connectivity index (χ2v) is 3.37. The third kappa shape index (κ3) is 19.9. The van der Waals surface area contributed by atoms with Crippen LogP contribution in [-0.4, -0.2) is 11.9 Å². The summed E-state index contributed by atoms with van der Waals surface area (Å²) < 4.78 is 0. The van der Waals surface area contributed by atoms with E-state index < -0.39 is 11.9 Å². The van der Waals surface area contributed by atoms with E-state index in [1.165, 1.54) is 0 Å². The molecule has 6 heteroatoms. The van der Waals surface area contributed by atoms with Crippen LogP contribution < -0.4 is 10.2 Å². The Hall–Kier alpha value is 0.421. The summed E-state index contributed by atoms with van der Waals surface area (Å²) in [4.78, 5) is 20.1. The zero-order chi connectivity index (χ0) is 10.8. The number of rotatable bonds is 9. The number of carboxylic acids is 2. The van der Waals surface area contributed by atoms with Crippen LogP contribution in [0, 0.1) is 0 Å². The van der Waals surface area contributed by atoms with Gasteiger partial charge in [0.15, 0.2) is 0 Å². The molecule has 0 aliphatic heterocycles. The van der Waals surface area contributed by atoms with Gasteiger partial charge in [0.1, 0.15) is 0 Å². The Bertz CT molecular complexity index is 166. The fourth-order valence-electron chi connectivity index (χ4n) is 1.25. The smallest absolute Gasteiger partial charge is 0.550 e. The maximum atomic E-state index is 10.0. The number of hydrogen-bond donors (Lipinski definition) is 0. The molecule has 4 nitrogen and oxygen atoms in total. The van der Waals surface area contributed by atoms with Gasteiger partial charge in [0.05, 0.1) is 0 Å². The summed E-state index contributed by atoms with van der Waals surface area (Å²) in [5.74, 6) is -2.00. The van der Waals surface area contributed by atoms with E-state index in [1.54, 1.807) is 0 Å². The Balaban J connectivity index is -0.000000845. The molecule has 0 fully saturated rings. The zero-order valence-electron chi connectivity index (χ0n) is 8.89. The summed E-state index contributed by atoms with van der Waals surface area (Å²) in [5.41, 5.74) is 0. The van der Waals surface area contributed by atoms with Gasteiger partial charge in [0.2, 0.25) is 0 Å². The minimum atomic E-state index is -0.998. The average molecular weight is 416 g/mol. The molecule has 0 rings (SSSR count). The van der Waals surface area contributed by atoms with Crippen LogP contribution in [0.3, 0.4) is 0 Å². The summed E-state index contributed by atoms with van der Waals surface area (Å²) >= 11 is 0. The van der Waals surface area contributed by atoms with Crippen molar-refractivity contribution in [3.05, 3.63) is 0 Å². The van der Waals surface area contributed by atoms with E-state index in [-0.39, 0.29) is 57.6 Å². The van der Waals surface area contributed by atoms with Gasteiger partial charge in [-0.25, -0.2) is 0 Å². The molecular formula is C10H16Ag2O4. The summed E-state index contributed by atoms with van der Waals surface area (Å²) in [6.07, 6.45) is 5.23. The van der Waals surface area contributed by atoms with Gasteiger partial charge in [0, 0.05) is 11.9 Å². The Labute approximate surface area is 127 Å². The van der Waals surface area contributed by atoms with Gasteiger partial charge in [-0.1, -0.05) is 25.7 Å². The zero-order valence-corrected chi connectivity index (χ0v) is 11.9. The molecule has 0 aromatic carbocycles. The van der Waals surface area contributed by atoms with Crippen molar-refractivity contribution >= 4 is 11.9 Å². The fraction of sp³-hybridized carbons (Fsp3) is 0.800. The van der Waals surface area contributed by atoms with Crippen LogP contribution >= 0.6 is 0 Å². The Morgan fingerprint density at radius 1 is 0.625 bits per heavy atom. The second-order valence-electron chi connectivity index (χ2n) is 3.37. The first-order chi connectivity index (χ1) is 6.63. The van der Waals surface area contributed by atoms with E-state index in [0.717, 1.165) is 25.7 Å². The normalized spacial score (nSPS) is 8.75. The molecule has 102 valence electrons. The first kappa shape index (κ1) is 21.7. The Morgan fingerprint density at radius 3 is 1.12 bits per heavy atom. The van der Waals surface area contributed by atoms with Gasteiger partial charge in [-0.2, -0.15) is 0 Å². The molecular weight excluding hydrogens is 400 g/mol. The van der Waals surface area contributed by atoms with Crippen LogP contribution in [0.2, 0.25) is 0 Å². The molecule has 0 atom stereocenters. The Kier molecular flexibility index (Phi) is 20.9. The molecule has 0 spiro atoms. The largest absolute Gasteiger partial charge is 1.00 e. The van der Waals surface area contributed by atoms with E-state index in [9.17, 15) is 19.8 Å². The van der Waals surface area contributed by atoms with Crippen molar-refractivity contribution in [1.29, 1.82) is 0 Å².